The van der Waals surface area contributed by atoms with E-state index in [0.29, 0.717) is 0 Å². The van der Waals surface area contributed by atoms with Crippen LogP contribution < -0.4 is 4.72 Å². The summed E-state index contributed by atoms with van der Waals surface area (Å²) in [7, 11) is -2.14. The number of carbonyl (C=O) groups is 1. The predicted octanol–water partition coefficient (Wildman–Crippen LogP) is 2.02. The highest BCUT2D eigenvalue weighted by atomic mass is 32.2. The van der Waals surface area contributed by atoms with Crippen LogP contribution in [0.5, 0.6) is 0 Å². The first-order valence-electron chi connectivity index (χ1n) is 8.34. The number of nitrogens with zero attached hydrogens (tertiary/aromatic N) is 3. The molecule has 0 saturated heterocycles. The van der Waals surface area contributed by atoms with Crippen LogP contribution in [-0.4, -0.2) is 40.5 Å². The minimum atomic E-state index is -3.94. The van der Waals surface area contributed by atoms with Crippen molar-refractivity contribution in [3.8, 4) is 11.1 Å². The van der Waals surface area contributed by atoms with E-state index in [9.17, 15) is 18.3 Å². The lowest BCUT2D eigenvalue weighted by Crippen LogP contribution is -2.44. The zero-order valence-electron chi connectivity index (χ0n) is 15.1. The third-order valence-electron chi connectivity index (χ3n) is 4.32. The maximum Gasteiger partial charge on any atom is 0.322 e. The molecule has 0 aliphatic rings. The van der Waals surface area contributed by atoms with Crippen molar-refractivity contribution in [1.29, 1.82) is 0 Å². The van der Waals surface area contributed by atoms with Crippen LogP contribution in [0.15, 0.2) is 47.4 Å². The van der Waals surface area contributed by atoms with E-state index < -0.39 is 22.0 Å². The molecule has 27 heavy (non-hydrogen) atoms. The summed E-state index contributed by atoms with van der Waals surface area (Å²) in [6, 6.07) is 10.8. The molecule has 0 radical (unpaired) electrons. The molecule has 0 aliphatic carbocycles. The van der Waals surface area contributed by atoms with E-state index in [1.165, 1.54) is 12.1 Å². The van der Waals surface area contributed by atoms with Crippen molar-refractivity contribution < 1.29 is 18.3 Å². The van der Waals surface area contributed by atoms with Crippen LogP contribution in [0.4, 0.5) is 0 Å². The van der Waals surface area contributed by atoms with E-state index in [0.717, 1.165) is 22.2 Å². The van der Waals surface area contributed by atoms with E-state index in [-0.39, 0.29) is 10.8 Å². The highest BCUT2D eigenvalue weighted by molar-refractivity contribution is 7.89. The summed E-state index contributed by atoms with van der Waals surface area (Å²) in [5, 5.41) is 17.2. The zero-order chi connectivity index (χ0) is 19.8. The largest absolute Gasteiger partial charge is 0.480 e. The van der Waals surface area contributed by atoms with Gasteiger partial charge in [0.2, 0.25) is 10.0 Å². The second-order valence-electron chi connectivity index (χ2n) is 6.62. The van der Waals surface area contributed by atoms with Crippen molar-refractivity contribution in [1.82, 2.24) is 19.7 Å². The number of aromatic nitrogens is 3. The third kappa shape index (κ3) is 3.83. The quantitative estimate of drug-likeness (QED) is 0.668. The second kappa shape index (κ2) is 7.09. The maximum absolute atomic E-state index is 12.5. The molecule has 142 valence electrons. The van der Waals surface area contributed by atoms with Gasteiger partial charge in [0, 0.05) is 7.05 Å². The molecule has 3 aromatic rings. The number of sulfonamides is 1. The van der Waals surface area contributed by atoms with Gasteiger partial charge >= 0.3 is 5.97 Å². The van der Waals surface area contributed by atoms with Crippen molar-refractivity contribution in [2.75, 3.05) is 0 Å². The van der Waals surface area contributed by atoms with Gasteiger partial charge in [-0.15, -0.1) is 5.10 Å². The Morgan fingerprint density at radius 3 is 2.33 bits per heavy atom. The molecule has 9 heteroatoms. The van der Waals surface area contributed by atoms with Gasteiger partial charge < -0.3 is 5.11 Å². The Kier molecular flexibility index (Phi) is 4.99. The number of nitrogens with one attached hydrogen (secondary N) is 1. The lowest BCUT2D eigenvalue weighted by molar-refractivity contribution is -0.140. The number of fused-ring (bicyclic) bond motifs is 1. The molecule has 1 unspecified atom stereocenters. The van der Waals surface area contributed by atoms with Crippen LogP contribution in [0.3, 0.4) is 0 Å². The van der Waals surface area contributed by atoms with Crippen molar-refractivity contribution >= 4 is 27.0 Å². The molecule has 0 amide bonds. The van der Waals surface area contributed by atoms with E-state index in [1.54, 1.807) is 37.7 Å². The first-order valence-corrected chi connectivity index (χ1v) is 9.82. The van der Waals surface area contributed by atoms with Crippen molar-refractivity contribution in [2.24, 2.45) is 13.0 Å². The van der Waals surface area contributed by atoms with Gasteiger partial charge in [0.1, 0.15) is 11.6 Å². The lowest BCUT2D eigenvalue weighted by atomic mass is 10.1. The Bertz CT molecular complexity index is 1090. The zero-order valence-corrected chi connectivity index (χ0v) is 15.9. The van der Waals surface area contributed by atoms with Crippen molar-refractivity contribution in [3.63, 3.8) is 0 Å². The van der Waals surface area contributed by atoms with Gasteiger partial charge in [-0.2, -0.15) is 4.72 Å². The Balaban J connectivity index is 1.89. The first-order chi connectivity index (χ1) is 12.7. The average Bonchev–Trinajstić information content (AvgIpc) is 3.00. The summed E-state index contributed by atoms with van der Waals surface area (Å²) >= 11 is 0. The highest BCUT2D eigenvalue weighted by Gasteiger charge is 2.27. The number of hydrogen-bond donors (Lipinski definition) is 2. The molecule has 2 aromatic carbocycles. The number of rotatable bonds is 6. The van der Waals surface area contributed by atoms with Crippen LogP contribution in [-0.2, 0) is 21.9 Å². The molecule has 0 saturated carbocycles. The fraction of sp³-hybridized carbons (Fsp3) is 0.278. The number of carboxylic acids is 1. The number of benzene rings is 2. The normalized spacial score (nSPS) is 13.2. The van der Waals surface area contributed by atoms with Gasteiger partial charge in [-0.1, -0.05) is 37.3 Å². The van der Waals surface area contributed by atoms with Crippen LogP contribution in [0, 0.1) is 5.92 Å². The highest BCUT2D eigenvalue weighted by Crippen LogP contribution is 2.24. The van der Waals surface area contributed by atoms with Gasteiger partial charge in [0.15, 0.2) is 0 Å². The van der Waals surface area contributed by atoms with Crippen LogP contribution >= 0.6 is 0 Å². The number of carboxylic acid groups (broad SMARTS) is 1. The summed E-state index contributed by atoms with van der Waals surface area (Å²) in [6.45, 7) is 3.29. The summed E-state index contributed by atoms with van der Waals surface area (Å²) in [6.07, 6.45) is 0. The monoisotopic (exact) mass is 388 g/mol. The molecule has 2 N–H and O–H groups in total. The average molecular weight is 388 g/mol. The smallest absolute Gasteiger partial charge is 0.322 e. The van der Waals surface area contributed by atoms with Gasteiger partial charge in [-0.25, -0.2) is 13.1 Å². The maximum atomic E-state index is 12.5. The third-order valence-corrected chi connectivity index (χ3v) is 5.78. The van der Waals surface area contributed by atoms with Crippen LogP contribution in [0.2, 0.25) is 0 Å². The van der Waals surface area contributed by atoms with Gasteiger partial charge in [-0.3, -0.25) is 4.79 Å². The Labute approximate surface area is 156 Å². The van der Waals surface area contributed by atoms with E-state index >= 15 is 0 Å². The Morgan fingerprint density at radius 1 is 1.11 bits per heavy atom. The van der Waals surface area contributed by atoms with E-state index in [4.69, 9.17) is 0 Å². The number of aryl methyl sites for hydroxylation is 1. The number of hydrogen-bond acceptors (Lipinski definition) is 5. The lowest BCUT2D eigenvalue weighted by Gasteiger charge is -2.18. The predicted molar refractivity (Wildman–Crippen MR) is 101 cm³/mol. The summed E-state index contributed by atoms with van der Waals surface area (Å²) < 4.78 is 28.9. The summed E-state index contributed by atoms with van der Waals surface area (Å²) in [5.41, 5.74) is 3.37. The minimum absolute atomic E-state index is 0.0152. The van der Waals surface area contributed by atoms with Crippen LogP contribution in [0.25, 0.3) is 22.2 Å². The molecule has 8 nitrogen and oxygen atoms in total. The molecule has 0 bridgehead atoms. The van der Waals surface area contributed by atoms with Gasteiger partial charge in [0.05, 0.1) is 10.4 Å². The molecular formula is C18H20N4O4S. The van der Waals surface area contributed by atoms with Gasteiger partial charge in [0.25, 0.3) is 0 Å². The SMILES string of the molecule is CC(C)C(NS(=O)(=O)c1ccc(-c2ccc3nnn(C)c3c2)cc1)C(=O)O. The molecule has 1 atom stereocenters. The molecular weight excluding hydrogens is 368 g/mol. The van der Waals surface area contributed by atoms with Crippen molar-refractivity contribution in [3.05, 3.63) is 42.5 Å². The van der Waals surface area contributed by atoms with Crippen molar-refractivity contribution in [2.45, 2.75) is 24.8 Å². The summed E-state index contributed by atoms with van der Waals surface area (Å²) in [4.78, 5) is 11.3. The van der Waals surface area contributed by atoms with E-state index in [2.05, 4.69) is 15.0 Å². The number of aliphatic carboxylic acids is 1. The molecule has 1 aromatic heterocycles. The fourth-order valence-electron chi connectivity index (χ4n) is 2.74. The van der Waals surface area contributed by atoms with E-state index in [1.807, 2.05) is 18.2 Å². The second-order valence-corrected chi connectivity index (χ2v) is 8.34. The molecule has 0 aliphatic heterocycles. The van der Waals surface area contributed by atoms with Gasteiger partial charge in [-0.05, 0) is 41.3 Å². The first kappa shape index (κ1) is 19.0. The molecule has 1 heterocycles. The minimum Gasteiger partial charge on any atom is -0.480 e. The Hall–Kier alpha value is -2.78. The summed E-state index contributed by atoms with van der Waals surface area (Å²) in [5.74, 6) is -1.58. The fourth-order valence-corrected chi connectivity index (χ4v) is 4.08. The standard InChI is InChI=1S/C18H20N4O4S/c1-11(2)17(18(23)24)20-27(25,26)14-7-4-12(5-8-14)13-6-9-15-16(10-13)22(3)21-19-15/h4-11,17,20H,1-3H3,(H,23,24). The molecule has 0 spiro atoms. The molecule has 3 rings (SSSR count). The topological polar surface area (TPSA) is 114 Å². The molecule has 0 fully saturated rings. The Morgan fingerprint density at radius 2 is 1.74 bits per heavy atom. The van der Waals surface area contributed by atoms with Crippen LogP contribution in [0.1, 0.15) is 13.8 Å².